The number of carbonyl (C=O) groups is 1. The second-order valence-electron chi connectivity index (χ2n) is 2.54. The fourth-order valence-corrected chi connectivity index (χ4v) is 0.901. The van der Waals surface area contributed by atoms with E-state index < -0.39 is 24.4 Å². The number of carboxylic acid groups (broad SMARTS) is 1. The van der Waals surface area contributed by atoms with Crippen molar-refractivity contribution in [3.8, 4) is 0 Å². The molecule has 8 heteroatoms. The maximum absolute atomic E-state index is 12.1. The van der Waals surface area contributed by atoms with Crippen LogP contribution in [-0.2, 0) is 4.74 Å². The summed E-state index contributed by atoms with van der Waals surface area (Å²) < 4.78 is 40.5. The lowest BCUT2D eigenvalue weighted by atomic mass is 10.2. The average Bonchev–Trinajstić information content (AvgIpc) is 2.01. The molecule has 0 aliphatic carbocycles. The van der Waals surface area contributed by atoms with E-state index in [0.717, 1.165) is 0 Å². The second kappa shape index (κ2) is 3.72. The fraction of sp³-hybridized carbons (Fsp3) is 0.667. The summed E-state index contributed by atoms with van der Waals surface area (Å²) in [5.41, 5.74) is 0. The molecule has 0 bridgehead atoms. The highest BCUT2D eigenvalue weighted by molar-refractivity contribution is 5.88. The van der Waals surface area contributed by atoms with Crippen molar-refractivity contribution in [2.24, 2.45) is 4.99 Å². The summed E-state index contributed by atoms with van der Waals surface area (Å²) >= 11 is 0. The molecule has 1 unspecified atom stereocenters. The van der Waals surface area contributed by atoms with Crippen LogP contribution >= 0.6 is 0 Å². The van der Waals surface area contributed by atoms with E-state index in [1.165, 1.54) is 5.32 Å². The van der Waals surface area contributed by atoms with Gasteiger partial charge >= 0.3 is 6.18 Å². The van der Waals surface area contributed by atoms with Crippen LogP contribution in [0.5, 0.6) is 0 Å². The smallest absolute Gasteiger partial charge is 0.425 e. The van der Waals surface area contributed by atoms with Crippen LogP contribution in [0.25, 0.3) is 0 Å². The van der Waals surface area contributed by atoms with Crippen molar-refractivity contribution in [2.45, 2.75) is 18.7 Å². The molecule has 0 radical (unpaired) electrons. The second-order valence-corrected chi connectivity index (χ2v) is 2.54. The van der Waals surface area contributed by atoms with Gasteiger partial charge in [0.15, 0.2) is 6.10 Å². The summed E-state index contributed by atoms with van der Waals surface area (Å²) in [6, 6.07) is -0.668. The predicted molar refractivity (Wildman–Crippen MR) is 36.4 cm³/mol. The zero-order valence-corrected chi connectivity index (χ0v) is 6.80. The van der Waals surface area contributed by atoms with Gasteiger partial charge in [0, 0.05) is 13.0 Å². The Bertz CT molecular complexity index is 264. The van der Waals surface area contributed by atoms with Crippen LogP contribution in [0.3, 0.4) is 0 Å². The maximum atomic E-state index is 12.1. The summed E-state index contributed by atoms with van der Waals surface area (Å²) in [5.74, 6) is 0. The highest BCUT2D eigenvalue weighted by atomic mass is 19.4. The van der Waals surface area contributed by atoms with Gasteiger partial charge in [0.1, 0.15) is 6.09 Å². The Hall–Kier alpha value is -1.47. The van der Waals surface area contributed by atoms with Crippen LogP contribution in [0.2, 0.25) is 0 Å². The van der Waals surface area contributed by atoms with Gasteiger partial charge in [-0.25, -0.2) is 4.99 Å². The summed E-state index contributed by atoms with van der Waals surface area (Å²) in [4.78, 5) is 13.4. The molecule has 0 fully saturated rings. The Morgan fingerprint density at radius 2 is 2.29 bits per heavy atom. The lowest BCUT2D eigenvalue weighted by molar-refractivity contribution is -0.250. The van der Waals surface area contributed by atoms with Crippen molar-refractivity contribution in [3.63, 3.8) is 0 Å². The van der Waals surface area contributed by atoms with Crippen molar-refractivity contribution in [3.05, 3.63) is 0 Å². The zero-order chi connectivity index (χ0) is 10.8. The van der Waals surface area contributed by atoms with Gasteiger partial charge in [0.05, 0.1) is 0 Å². The van der Waals surface area contributed by atoms with Crippen LogP contribution in [0.4, 0.5) is 18.0 Å². The Morgan fingerprint density at radius 1 is 1.64 bits per heavy atom. The summed E-state index contributed by atoms with van der Waals surface area (Å²) in [6.07, 6.45) is -8.61. The molecule has 1 aliphatic rings. The first kappa shape index (κ1) is 10.6. The minimum Gasteiger partial charge on any atom is -0.530 e. The van der Waals surface area contributed by atoms with Crippen molar-refractivity contribution >= 4 is 12.1 Å². The van der Waals surface area contributed by atoms with Crippen molar-refractivity contribution < 1.29 is 27.8 Å². The standard InChI is InChI=1S/C6H7F3N2O3/c7-6(8,9)3-1-2-10-4(14-3)11-5(12)13/h3H,1-2H2,(H,10,11)(H,12,13)/p-1. The normalized spacial score (nSPS) is 22.2. The number of rotatable bonds is 0. The largest absolute Gasteiger partial charge is 0.530 e. The molecule has 0 saturated heterocycles. The number of amidine groups is 1. The van der Waals surface area contributed by atoms with Gasteiger partial charge in [-0.3, -0.25) is 5.32 Å². The quantitative estimate of drug-likeness (QED) is 0.593. The van der Waals surface area contributed by atoms with E-state index in [1.807, 2.05) is 0 Å². The fourth-order valence-electron chi connectivity index (χ4n) is 0.901. The molecule has 0 saturated carbocycles. The number of carbonyl (C=O) groups excluding carboxylic acids is 1. The van der Waals surface area contributed by atoms with Crippen LogP contribution in [-0.4, -0.2) is 30.9 Å². The number of aliphatic imine (C=N–C) groups is 1. The summed E-state index contributed by atoms with van der Waals surface area (Å²) in [6.45, 7) is -0.139. The van der Waals surface area contributed by atoms with Gasteiger partial charge < -0.3 is 14.6 Å². The first-order valence-electron chi connectivity index (χ1n) is 3.65. The zero-order valence-electron chi connectivity index (χ0n) is 6.80. The van der Waals surface area contributed by atoms with E-state index in [2.05, 4.69) is 9.73 Å². The van der Waals surface area contributed by atoms with Crippen LogP contribution in [0.1, 0.15) is 6.42 Å². The molecule has 0 aromatic carbocycles. The van der Waals surface area contributed by atoms with Crippen LogP contribution in [0.15, 0.2) is 4.99 Å². The van der Waals surface area contributed by atoms with E-state index in [9.17, 15) is 23.1 Å². The molecular formula is C6H6F3N2O3-. The monoisotopic (exact) mass is 211 g/mol. The maximum Gasteiger partial charge on any atom is 0.425 e. The third-order valence-electron chi connectivity index (χ3n) is 1.47. The molecule has 14 heavy (non-hydrogen) atoms. The molecule has 5 nitrogen and oxygen atoms in total. The SMILES string of the molecule is O=C([O-])NC1=NCCC(C(F)(F)F)O1. The third-order valence-corrected chi connectivity index (χ3v) is 1.47. The lowest BCUT2D eigenvalue weighted by Gasteiger charge is -2.25. The van der Waals surface area contributed by atoms with Crippen LogP contribution in [0, 0.1) is 0 Å². The molecular weight excluding hydrogens is 205 g/mol. The van der Waals surface area contributed by atoms with Crippen molar-refractivity contribution in [1.82, 2.24) is 5.32 Å². The number of nitrogens with one attached hydrogen (secondary N) is 1. The van der Waals surface area contributed by atoms with E-state index in [4.69, 9.17) is 0 Å². The average molecular weight is 211 g/mol. The molecule has 1 amide bonds. The molecule has 0 aromatic rings. The number of hydrogen-bond acceptors (Lipinski definition) is 4. The molecule has 1 N–H and O–H groups in total. The molecule has 80 valence electrons. The van der Waals surface area contributed by atoms with E-state index >= 15 is 0 Å². The molecule has 1 aliphatic heterocycles. The van der Waals surface area contributed by atoms with Crippen molar-refractivity contribution in [2.75, 3.05) is 6.54 Å². The van der Waals surface area contributed by atoms with Gasteiger partial charge in [-0.2, -0.15) is 13.2 Å². The topological polar surface area (TPSA) is 73.8 Å². The summed E-state index contributed by atoms with van der Waals surface area (Å²) in [7, 11) is 0. The third kappa shape index (κ3) is 2.79. The number of alkyl halides is 3. The van der Waals surface area contributed by atoms with E-state index in [0.29, 0.717) is 0 Å². The van der Waals surface area contributed by atoms with Gasteiger partial charge in [-0.05, 0) is 0 Å². The Kier molecular flexibility index (Phi) is 2.82. The molecule has 1 atom stereocenters. The number of amides is 1. The minimum atomic E-state index is -4.52. The number of nitrogens with zero attached hydrogens (tertiary/aromatic N) is 1. The van der Waals surface area contributed by atoms with Gasteiger partial charge in [-0.15, -0.1) is 0 Å². The highest BCUT2D eigenvalue weighted by Gasteiger charge is 2.43. The van der Waals surface area contributed by atoms with E-state index in [1.54, 1.807) is 0 Å². The van der Waals surface area contributed by atoms with Gasteiger partial charge in [-0.1, -0.05) is 0 Å². The molecule has 0 aromatic heterocycles. The Balaban J connectivity index is 2.58. The van der Waals surface area contributed by atoms with Crippen molar-refractivity contribution in [1.29, 1.82) is 0 Å². The first-order valence-corrected chi connectivity index (χ1v) is 3.65. The molecule has 0 spiro atoms. The van der Waals surface area contributed by atoms with Gasteiger partial charge in [0.25, 0.3) is 6.02 Å². The highest BCUT2D eigenvalue weighted by Crippen LogP contribution is 2.26. The molecule has 1 heterocycles. The number of halogens is 3. The summed E-state index contributed by atoms with van der Waals surface area (Å²) in [5, 5.41) is 11.5. The van der Waals surface area contributed by atoms with Gasteiger partial charge in [0.2, 0.25) is 0 Å². The van der Waals surface area contributed by atoms with Crippen LogP contribution < -0.4 is 10.4 Å². The predicted octanol–water partition coefficient (Wildman–Crippen LogP) is -0.374. The van der Waals surface area contributed by atoms with E-state index in [-0.39, 0.29) is 13.0 Å². The minimum absolute atomic E-state index is 0.139. The number of hydrogen-bond donors (Lipinski definition) is 1. The Labute approximate surface area is 76.6 Å². The lowest BCUT2D eigenvalue weighted by Crippen LogP contribution is -2.47. The number of ether oxygens (including phenoxy) is 1. The molecule has 1 rings (SSSR count). The first-order chi connectivity index (χ1) is 6.39. The Morgan fingerprint density at radius 3 is 2.79 bits per heavy atom.